The molecule has 78 valence electrons. The molecule has 15 heavy (non-hydrogen) atoms. The minimum atomic E-state index is 0.337. The van der Waals surface area contributed by atoms with E-state index in [0.717, 1.165) is 12.2 Å². The molecule has 5 nitrogen and oxygen atoms in total. The summed E-state index contributed by atoms with van der Waals surface area (Å²) in [4.78, 5) is 0. The summed E-state index contributed by atoms with van der Waals surface area (Å²) >= 11 is 0. The summed E-state index contributed by atoms with van der Waals surface area (Å²) < 4.78 is 5.51. The maximum atomic E-state index is 5.51. The second-order valence-corrected chi connectivity index (χ2v) is 3.12. The first-order valence-corrected chi connectivity index (χ1v) is 4.82. The molecule has 0 aliphatic heterocycles. The Morgan fingerprint density at radius 3 is 3.07 bits per heavy atom. The van der Waals surface area contributed by atoms with Crippen molar-refractivity contribution in [2.24, 2.45) is 0 Å². The van der Waals surface area contributed by atoms with E-state index in [-0.39, 0.29) is 0 Å². The predicted molar refractivity (Wildman–Crippen MR) is 54.3 cm³/mol. The first-order chi connectivity index (χ1) is 7.38. The Kier molecular flexibility index (Phi) is 2.92. The van der Waals surface area contributed by atoms with Crippen LogP contribution in [0.2, 0.25) is 0 Å². The number of aromatic amines is 1. The molecule has 0 bridgehead atoms. The Morgan fingerprint density at radius 2 is 2.33 bits per heavy atom. The molecule has 0 aliphatic carbocycles. The molecule has 2 aromatic rings. The van der Waals surface area contributed by atoms with E-state index in [1.807, 2.05) is 18.2 Å². The minimum Gasteiger partial charge on any atom is -0.485 e. The number of hydrogen-bond donors (Lipinski definition) is 1. The van der Waals surface area contributed by atoms with Gasteiger partial charge < -0.3 is 4.74 Å². The topological polar surface area (TPSA) is 63.7 Å². The van der Waals surface area contributed by atoms with E-state index in [4.69, 9.17) is 4.74 Å². The molecule has 1 aromatic heterocycles. The second-order valence-electron chi connectivity index (χ2n) is 3.12. The number of nitrogens with zero attached hydrogens (tertiary/aromatic N) is 3. The lowest BCUT2D eigenvalue weighted by Crippen LogP contribution is -1.98. The third kappa shape index (κ3) is 2.52. The van der Waals surface area contributed by atoms with E-state index in [1.54, 1.807) is 0 Å². The van der Waals surface area contributed by atoms with Crippen molar-refractivity contribution in [1.29, 1.82) is 0 Å². The van der Waals surface area contributed by atoms with Crippen molar-refractivity contribution in [3.05, 3.63) is 35.7 Å². The number of benzene rings is 1. The van der Waals surface area contributed by atoms with Crippen molar-refractivity contribution in [1.82, 2.24) is 20.6 Å². The summed E-state index contributed by atoms with van der Waals surface area (Å²) in [5, 5.41) is 13.4. The molecule has 0 fully saturated rings. The fraction of sp³-hybridized carbons (Fsp3) is 0.300. The van der Waals surface area contributed by atoms with Crippen molar-refractivity contribution < 1.29 is 4.74 Å². The van der Waals surface area contributed by atoms with E-state index < -0.39 is 0 Å². The lowest BCUT2D eigenvalue weighted by molar-refractivity contribution is 0.295. The quantitative estimate of drug-likeness (QED) is 0.816. The number of ether oxygens (including phenoxy) is 1. The Labute approximate surface area is 87.5 Å². The van der Waals surface area contributed by atoms with Crippen LogP contribution in [0, 0.1) is 0 Å². The molecule has 1 N–H and O–H groups in total. The number of tetrazole rings is 1. The summed E-state index contributed by atoms with van der Waals surface area (Å²) in [6, 6.07) is 7.98. The van der Waals surface area contributed by atoms with Gasteiger partial charge in [-0.15, -0.1) is 10.2 Å². The highest BCUT2D eigenvalue weighted by atomic mass is 16.5. The van der Waals surface area contributed by atoms with Crippen LogP contribution in [-0.4, -0.2) is 20.6 Å². The number of hydrogen-bond acceptors (Lipinski definition) is 4. The smallest absolute Gasteiger partial charge is 0.211 e. The summed E-state index contributed by atoms with van der Waals surface area (Å²) in [6.07, 6.45) is 0.999. The van der Waals surface area contributed by atoms with Gasteiger partial charge in [0, 0.05) is 0 Å². The van der Waals surface area contributed by atoms with Crippen LogP contribution in [-0.2, 0) is 13.0 Å². The molecule has 0 spiro atoms. The second kappa shape index (κ2) is 4.54. The Hall–Kier alpha value is -1.91. The maximum absolute atomic E-state index is 5.51. The minimum absolute atomic E-state index is 0.337. The van der Waals surface area contributed by atoms with E-state index in [9.17, 15) is 0 Å². The van der Waals surface area contributed by atoms with Gasteiger partial charge in [-0.1, -0.05) is 24.3 Å². The molecule has 0 aliphatic rings. The van der Waals surface area contributed by atoms with Crippen molar-refractivity contribution in [2.45, 2.75) is 20.0 Å². The van der Waals surface area contributed by atoms with Gasteiger partial charge in [0.25, 0.3) is 0 Å². The molecule has 0 radical (unpaired) electrons. The van der Waals surface area contributed by atoms with Gasteiger partial charge in [0.15, 0.2) is 6.61 Å². The number of aromatic nitrogens is 4. The molecule has 1 heterocycles. The molecule has 2 rings (SSSR count). The summed E-state index contributed by atoms with van der Waals surface area (Å²) in [5.74, 6) is 1.39. The zero-order chi connectivity index (χ0) is 10.5. The first-order valence-electron chi connectivity index (χ1n) is 4.82. The number of H-pyrrole nitrogens is 1. The highest BCUT2D eigenvalue weighted by molar-refractivity contribution is 5.28. The van der Waals surface area contributed by atoms with Crippen molar-refractivity contribution >= 4 is 0 Å². The van der Waals surface area contributed by atoms with Gasteiger partial charge in [0.1, 0.15) is 5.75 Å². The van der Waals surface area contributed by atoms with Gasteiger partial charge in [-0.05, 0) is 24.1 Å². The van der Waals surface area contributed by atoms with Crippen LogP contribution in [0.15, 0.2) is 24.3 Å². The van der Waals surface area contributed by atoms with Crippen LogP contribution in [0.3, 0.4) is 0 Å². The van der Waals surface area contributed by atoms with Gasteiger partial charge >= 0.3 is 0 Å². The van der Waals surface area contributed by atoms with Crippen LogP contribution >= 0.6 is 0 Å². The van der Waals surface area contributed by atoms with Crippen LogP contribution in [0.4, 0.5) is 0 Å². The Morgan fingerprint density at radius 1 is 1.40 bits per heavy atom. The predicted octanol–water partition coefficient (Wildman–Crippen LogP) is 1.34. The third-order valence-electron chi connectivity index (χ3n) is 2.06. The van der Waals surface area contributed by atoms with Crippen molar-refractivity contribution in [2.75, 3.05) is 0 Å². The average Bonchev–Trinajstić information content (AvgIpc) is 2.79. The summed E-state index contributed by atoms with van der Waals surface area (Å²) in [5.41, 5.74) is 1.25. The van der Waals surface area contributed by atoms with Gasteiger partial charge in [0.05, 0.1) is 0 Å². The van der Waals surface area contributed by atoms with Gasteiger partial charge in [-0.3, -0.25) is 0 Å². The van der Waals surface area contributed by atoms with Gasteiger partial charge in [-0.25, -0.2) is 0 Å². The Balaban J connectivity index is 1.98. The third-order valence-corrected chi connectivity index (χ3v) is 2.06. The fourth-order valence-electron chi connectivity index (χ4n) is 1.25. The van der Waals surface area contributed by atoms with Crippen LogP contribution in [0.5, 0.6) is 5.75 Å². The first kappa shape index (κ1) is 9.64. The van der Waals surface area contributed by atoms with Crippen molar-refractivity contribution in [3.8, 4) is 5.75 Å². The van der Waals surface area contributed by atoms with E-state index in [2.05, 4.69) is 33.6 Å². The molecular formula is C10H12N4O. The van der Waals surface area contributed by atoms with E-state index in [0.29, 0.717) is 12.4 Å². The standard InChI is InChI=1S/C10H12N4O/c1-2-8-4-3-5-9(6-8)15-7-10-11-13-14-12-10/h3-6H,2,7H2,1H3,(H,11,12,13,14). The fourth-order valence-corrected chi connectivity index (χ4v) is 1.25. The molecule has 0 atom stereocenters. The van der Waals surface area contributed by atoms with Gasteiger partial charge in [-0.2, -0.15) is 5.21 Å². The normalized spacial score (nSPS) is 10.2. The zero-order valence-electron chi connectivity index (χ0n) is 8.47. The van der Waals surface area contributed by atoms with Gasteiger partial charge in [0.2, 0.25) is 5.82 Å². The lowest BCUT2D eigenvalue weighted by atomic mass is 10.2. The maximum Gasteiger partial charge on any atom is 0.211 e. The number of rotatable bonds is 4. The molecule has 0 saturated heterocycles. The van der Waals surface area contributed by atoms with Crippen LogP contribution < -0.4 is 4.74 Å². The summed E-state index contributed by atoms with van der Waals surface area (Å²) in [7, 11) is 0. The molecule has 0 unspecified atom stereocenters. The molecule has 1 aromatic carbocycles. The molecule has 0 saturated carbocycles. The monoisotopic (exact) mass is 204 g/mol. The van der Waals surface area contributed by atoms with E-state index in [1.165, 1.54) is 5.56 Å². The Bertz CT molecular complexity index is 413. The lowest BCUT2D eigenvalue weighted by Gasteiger charge is -2.04. The van der Waals surface area contributed by atoms with E-state index >= 15 is 0 Å². The molecule has 0 amide bonds. The van der Waals surface area contributed by atoms with Crippen molar-refractivity contribution in [3.63, 3.8) is 0 Å². The van der Waals surface area contributed by atoms with Crippen LogP contribution in [0.1, 0.15) is 18.3 Å². The largest absolute Gasteiger partial charge is 0.485 e. The van der Waals surface area contributed by atoms with Crippen LogP contribution in [0.25, 0.3) is 0 Å². The highest BCUT2D eigenvalue weighted by Crippen LogP contribution is 2.14. The number of nitrogens with one attached hydrogen (secondary N) is 1. The SMILES string of the molecule is CCc1cccc(OCc2nn[nH]n2)c1. The average molecular weight is 204 g/mol. The molecular weight excluding hydrogens is 192 g/mol. The summed E-state index contributed by atoms with van der Waals surface area (Å²) in [6.45, 7) is 2.45. The molecule has 5 heteroatoms. The number of aryl methyl sites for hydroxylation is 1. The highest BCUT2D eigenvalue weighted by Gasteiger charge is 2.00. The zero-order valence-corrected chi connectivity index (χ0v) is 8.47.